The number of rotatable bonds is 5. The first kappa shape index (κ1) is 16.0. The lowest BCUT2D eigenvalue weighted by Crippen LogP contribution is -2.23. The zero-order valence-corrected chi connectivity index (χ0v) is 13.7. The van der Waals surface area contributed by atoms with Gasteiger partial charge in [-0.25, -0.2) is 14.1 Å². The van der Waals surface area contributed by atoms with E-state index in [2.05, 4.69) is 10.1 Å². The minimum Gasteiger partial charge on any atom is -0.492 e. The second-order valence-corrected chi connectivity index (χ2v) is 5.67. The number of halogens is 1. The Labute approximate surface area is 148 Å². The molecule has 4 aromatic rings. The molecule has 4 rings (SSSR count). The van der Waals surface area contributed by atoms with Gasteiger partial charge in [-0.2, -0.15) is 5.10 Å². The summed E-state index contributed by atoms with van der Waals surface area (Å²) >= 11 is 0. The van der Waals surface area contributed by atoms with Gasteiger partial charge in [-0.05, 0) is 36.4 Å². The number of hydrogen-bond acceptors (Lipinski definition) is 4. The summed E-state index contributed by atoms with van der Waals surface area (Å²) < 4.78 is 21.7. The average Bonchev–Trinajstić information content (AvgIpc) is 3.10. The van der Waals surface area contributed by atoms with Crippen LogP contribution in [0.3, 0.4) is 0 Å². The molecule has 130 valence electrons. The molecule has 0 atom stereocenters. The smallest absolute Gasteiger partial charge is 0.264 e. The SMILES string of the molecule is O=c1c2cnn(-c3ccc(F)cc3)c2ncn1CCOc1ccccc1. The van der Waals surface area contributed by atoms with Gasteiger partial charge in [0.1, 0.15) is 29.9 Å². The number of fused-ring (bicyclic) bond motifs is 1. The monoisotopic (exact) mass is 350 g/mol. The zero-order chi connectivity index (χ0) is 17.9. The molecule has 0 N–H and O–H groups in total. The summed E-state index contributed by atoms with van der Waals surface area (Å²) in [4.78, 5) is 17.0. The quantitative estimate of drug-likeness (QED) is 0.555. The summed E-state index contributed by atoms with van der Waals surface area (Å²) in [7, 11) is 0. The Hall–Kier alpha value is -3.48. The highest BCUT2D eigenvalue weighted by Gasteiger charge is 2.11. The lowest BCUT2D eigenvalue weighted by atomic mass is 10.3. The first-order valence-electron chi connectivity index (χ1n) is 8.09. The Morgan fingerprint density at radius 1 is 1.04 bits per heavy atom. The molecule has 0 saturated carbocycles. The standard InChI is InChI=1S/C19H15FN4O2/c20-14-6-8-15(9-7-14)24-18-17(12-22-24)19(25)23(13-21-18)10-11-26-16-4-2-1-3-5-16/h1-9,12-13H,10-11H2. The fourth-order valence-electron chi connectivity index (χ4n) is 2.66. The van der Waals surface area contributed by atoms with Crippen molar-refractivity contribution in [1.82, 2.24) is 19.3 Å². The van der Waals surface area contributed by atoms with Crippen LogP contribution >= 0.6 is 0 Å². The first-order valence-corrected chi connectivity index (χ1v) is 8.09. The van der Waals surface area contributed by atoms with E-state index in [9.17, 15) is 9.18 Å². The van der Waals surface area contributed by atoms with E-state index in [1.807, 2.05) is 30.3 Å². The number of nitrogens with zero attached hydrogens (tertiary/aromatic N) is 4. The predicted molar refractivity (Wildman–Crippen MR) is 95.0 cm³/mol. The minimum absolute atomic E-state index is 0.194. The fraction of sp³-hybridized carbons (Fsp3) is 0.105. The molecule has 2 heterocycles. The topological polar surface area (TPSA) is 61.9 Å². The number of hydrogen-bond donors (Lipinski definition) is 0. The Bertz CT molecular complexity index is 1090. The summed E-state index contributed by atoms with van der Waals surface area (Å²) in [6.07, 6.45) is 2.95. The molecule has 0 unspecified atom stereocenters. The highest BCUT2D eigenvalue weighted by molar-refractivity contribution is 5.74. The molecule has 6 nitrogen and oxygen atoms in total. The van der Waals surface area contributed by atoms with Crippen LogP contribution in [-0.2, 0) is 6.54 Å². The van der Waals surface area contributed by atoms with E-state index in [0.717, 1.165) is 5.75 Å². The van der Waals surface area contributed by atoms with Crippen LogP contribution < -0.4 is 10.3 Å². The van der Waals surface area contributed by atoms with Gasteiger partial charge in [-0.3, -0.25) is 9.36 Å². The van der Waals surface area contributed by atoms with Crippen LogP contribution in [0.25, 0.3) is 16.7 Å². The number of aromatic nitrogens is 4. The van der Waals surface area contributed by atoms with E-state index < -0.39 is 0 Å². The zero-order valence-electron chi connectivity index (χ0n) is 13.7. The normalized spacial score (nSPS) is 11.0. The van der Waals surface area contributed by atoms with Crippen molar-refractivity contribution in [2.45, 2.75) is 6.54 Å². The highest BCUT2D eigenvalue weighted by atomic mass is 19.1. The van der Waals surface area contributed by atoms with Gasteiger partial charge in [0.15, 0.2) is 5.65 Å². The second-order valence-electron chi connectivity index (χ2n) is 5.67. The molecule has 2 aromatic carbocycles. The molecule has 26 heavy (non-hydrogen) atoms. The summed E-state index contributed by atoms with van der Waals surface area (Å²) in [5.41, 5.74) is 0.875. The van der Waals surface area contributed by atoms with Gasteiger partial charge in [-0.15, -0.1) is 0 Å². The van der Waals surface area contributed by atoms with Gasteiger partial charge >= 0.3 is 0 Å². The molecular formula is C19H15FN4O2. The van der Waals surface area contributed by atoms with Gasteiger partial charge in [-0.1, -0.05) is 18.2 Å². The minimum atomic E-state index is -0.334. The molecule has 2 aromatic heterocycles. The van der Waals surface area contributed by atoms with Crippen LogP contribution in [0.2, 0.25) is 0 Å². The number of para-hydroxylation sites is 1. The third-order valence-corrected chi connectivity index (χ3v) is 3.97. The van der Waals surface area contributed by atoms with E-state index in [4.69, 9.17) is 4.74 Å². The summed E-state index contributed by atoms with van der Waals surface area (Å²) in [6.45, 7) is 0.724. The maximum atomic E-state index is 13.1. The van der Waals surface area contributed by atoms with E-state index in [1.54, 1.807) is 12.1 Å². The first-order chi connectivity index (χ1) is 12.7. The van der Waals surface area contributed by atoms with Crippen LogP contribution in [0, 0.1) is 5.82 Å². The summed E-state index contributed by atoms with van der Waals surface area (Å²) in [6, 6.07) is 15.3. The maximum Gasteiger partial charge on any atom is 0.264 e. The highest BCUT2D eigenvalue weighted by Crippen LogP contribution is 2.14. The molecule has 0 saturated heterocycles. The second kappa shape index (κ2) is 6.79. The number of ether oxygens (including phenoxy) is 1. The lowest BCUT2D eigenvalue weighted by molar-refractivity contribution is 0.296. The van der Waals surface area contributed by atoms with E-state index in [1.165, 1.54) is 33.9 Å². The van der Waals surface area contributed by atoms with Crippen molar-refractivity contribution in [2.24, 2.45) is 0 Å². The molecule has 0 fully saturated rings. The molecule has 7 heteroatoms. The van der Waals surface area contributed by atoms with Crippen molar-refractivity contribution in [3.8, 4) is 11.4 Å². The van der Waals surface area contributed by atoms with Gasteiger partial charge < -0.3 is 4.74 Å². The van der Waals surface area contributed by atoms with Gasteiger partial charge in [0, 0.05) is 0 Å². The van der Waals surface area contributed by atoms with Crippen LogP contribution in [0.15, 0.2) is 71.9 Å². The van der Waals surface area contributed by atoms with E-state index in [-0.39, 0.29) is 11.4 Å². The Morgan fingerprint density at radius 3 is 2.58 bits per heavy atom. The maximum absolute atomic E-state index is 13.1. The van der Waals surface area contributed by atoms with Crippen molar-refractivity contribution in [3.05, 3.63) is 83.3 Å². The summed E-state index contributed by atoms with van der Waals surface area (Å²) in [5, 5.41) is 4.61. The Kier molecular flexibility index (Phi) is 4.18. The molecule has 0 bridgehead atoms. The average molecular weight is 350 g/mol. The van der Waals surface area contributed by atoms with Crippen LogP contribution in [0.4, 0.5) is 4.39 Å². The van der Waals surface area contributed by atoms with Gasteiger partial charge in [0.25, 0.3) is 5.56 Å². The molecule has 0 aliphatic heterocycles. The van der Waals surface area contributed by atoms with Crippen molar-refractivity contribution < 1.29 is 9.13 Å². The van der Waals surface area contributed by atoms with E-state index in [0.29, 0.717) is 29.9 Å². The molecule has 0 radical (unpaired) electrons. The van der Waals surface area contributed by atoms with Crippen molar-refractivity contribution in [1.29, 1.82) is 0 Å². The van der Waals surface area contributed by atoms with E-state index >= 15 is 0 Å². The third kappa shape index (κ3) is 3.06. The van der Waals surface area contributed by atoms with Crippen molar-refractivity contribution >= 4 is 11.0 Å². The molecule has 0 aliphatic rings. The molecular weight excluding hydrogens is 335 g/mol. The molecule has 0 aliphatic carbocycles. The molecule has 0 amide bonds. The fourth-order valence-corrected chi connectivity index (χ4v) is 2.66. The van der Waals surface area contributed by atoms with Crippen LogP contribution in [-0.4, -0.2) is 25.9 Å². The van der Waals surface area contributed by atoms with Gasteiger partial charge in [0.2, 0.25) is 0 Å². The number of benzene rings is 2. The summed E-state index contributed by atoms with van der Waals surface area (Å²) in [5.74, 6) is 0.414. The van der Waals surface area contributed by atoms with Crippen molar-refractivity contribution in [2.75, 3.05) is 6.61 Å². The lowest BCUT2D eigenvalue weighted by Gasteiger charge is -2.08. The van der Waals surface area contributed by atoms with Crippen molar-refractivity contribution in [3.63, 3.8) is 0 Å². The van der Waals surface area contributed by atoms with Crippen LogP contribution in [0.1, 0.15) is 0 Å². The van der Waals surface area contributed by atoms with Crippen LogP contribution in [0.5, 0.6) is 5.75 Å². The molecule has 0 spiro atoms. The largest absolute Gasteiger partial charge is 0.492 e. The third-order valence-electron chi connectivity index (χ3n) is 3.97. The van der Waals surface area contributed by atoms with Gasteiger partial charge in [0.05, 0.1) is 18.4 Å². The Balaban J connectivity index is 1.58. The Morgan fingerprint density at radius 2 is 1.81 bits per heavy atom. The predicted octanol–water partition coefficient (Wildman–Crippen LogP) is 2.80.